The smallest absolute Gasteiger partial charge is 0.119 e. The van der Waals surface area contributed by atoms with Crippen LogP contribution in [0.1, 0.15) is 17.5 Å². The van der Waals surface area contributed by atoms with Gasteiger partial charge in [0.05, 0.1) is 5.71 Å². The van der Waals surface area contributed by atoms with E-state index in [-0.39, 0.29) is 5.84 Å². The fraction of sp³-hybridized carbons (Fsp3) is 0.100. The third-order valence-corrected chi connectivity index (χ3v) is 4.47. The summed E-state index contributed by atoms with van der Waals surface area (Å²) < 4.78 is 0. The number of rotatable bonds is 1. The molecule has 5 nitrogen and oxygen atoms in total. The highest BCUT2D eigenvalue weighted by Gasteiger charge is 2.18. The molecule has 0 fully saturated rings. The molecule has 2 aromatic rings. The molecule has 0 amide bonds. The van der Waals surface area contributed by atoms with Crippen LogP contribution in [0, 0.1) is 5.41 Å². The van der Waals surface area contributed by atoms with Gasteiger partial charge in [0.2, 0.25) is 0 Å². The Hall–Kier alpha value is -3.34. The van der Waals surface area contributed by atoms with E-state index < -0.39 is 0 Å². The van der Waals surface area contributed by atoms with Crippen LogP contribution in [0.15, 0.2) is 87.4 Å². The monoisotopic (exact) mass is 327 g/mol. The van der Waals surface area contributed by atoms with Crippen molar-refractivity contribution in [3.63, 3.8) is 0 Å². The average Bonchev–Trinajstić information content (AvgIpc) is 3.25. The number of amidine groups is 1. The summed E-state index contributed by atoms with van der Waals surface area (Å²) in [5.41, 5.74) is 13.4. The minimum absolute atomic E-state index is 0.0832. The maximum atomic E-state index is 7.20. The maximum Gasteiger partial charge on any atom is 0.119 e. The van der Waals surface area contributed by atoms with Crippen LogP contribution < -0.4 is 5.73 Å². The molecule has 0 saturated heterocycles. The predicted molar refractivity (Wildman–Crippen MR) is 99.7 cm³/mol. The number of nitrogens with zero attached hydrogens (tertiary/aromatic N) is 3. The number of hydrogen-bond acceptors (Lipinski definition) is 4. The van der Waals surface area contributed by atoms with Gasteiger partial charge < -0.3 is 5.73 Å². The molecule has 0 unspecified atom stereocenters. The maximum absolute atomic E-state index is 7.20. The molecule has 25 heavy (non-hydrogen) atoms. The van der Waals surface area contributed by atoms with Crippen molar-refractivity contribution in [3.05, 3.63) is 83.1 Å². The molecule has 0 aromatic heterocycles. The van der Waals surface area contributed by atoms with Crippen molar-refractivity contribution >= 4 is 11.5 Å². The van der Waals surface area contributed by atoms with Gasteiger partial charge in [0.15, 0.2) is 0 Å². The fourth-order valence-corrected chi connectivity index (χ4v) is 3.17. The first-order chi connectivity index (χ1) is 12.2. The van der Waals surface area contributed by atoms with Crippen LogP contribution in [-0.4, -0.2) is 11.5 Å². The molecule has 5 rings (SSSR count). The molecule has 0 saturated carbocycles. The molecule has 0 spiro atoms. The summed E-state index contributed by atoms with van der Waals surface area (Å²) in [5, 5.41) is 18.3. The summed E-state index contributed by atoms with van der Waals surface area (Å²) >= 11 is 0. The first-order valence-corrected chi connectivity index (χ1v) is 8.12. The van der Waals surface area contributed by atoms with Crippen molar-refractivity contribution in [2.45, 2.75) is 12.8 Å². The standard InChI is InChI=1S/C13H10.C7H7N5/c1-3-7-12-10(5-1)9-11-6-2-4-8-13(11)12;8-7(9)4-1-2-5-6(3-4)11-12-10-5/h1-8H,9H2;1-2H,3H2,(H3,8,9). The molecule has 3 N–H and O–H groups in total. The molecular weight excluding hydrogens is 310 g/mol. The van der Waals surface area contributed by atoms with E-state index in [0.29, 0.717) is 6.42 Å². The van der Waals surface area contributed by atoms with E-state index in [0.717, 1.165) is 23.4 Å². The summed E-state index contributed by atoms with van der Waals surface area (Å²) in [6.07, 6.45) is 5.22. The second-order valence-corrected chi connectivity index (χ2v) is 6.06. The van der Waals surface area contributed by atoms with Crippen molar-refractivity contribution < 1.29 is 0 Å². The Balaban J connectivity index is 0.000000126. The topological polar surface area (TPSA) is 87.0 Å². The van der Waals surface area contributed by atoms with Gasteiger partial charge in [-0.2, -0.15) is 0 Å². The molecule has 0 atom stereocenters. The summed E-state index contributed by atoms with van der Waals surface area (Å²) in [6, 6.07) is 17.3. The summed E-state index contributed by atoms with van der Waals surface area (Å²) in [4.78, 5) is 0. The highest BCUT2D eigenvalue weighted by Crippen LogP contribution is 2.35. The molecule has 1 heterocycles. The van der Waals surface area contributed by atoms with Crippen LogP contribution >= 0.6 is 0 Å². The molecule has 2 aromatic carbocycles. The lowest BCUT2D eigenvalue weighted by Crippen LogP contribution is -2.17. The van der Waals surface area contributed by atoms with Gasteiger partial charge in [-0.25, -0.2) is 0 Å². The molecule has 5 heteroatoms. The molecule has 3 aliphatic rings. The Kier molecular flexibility index (Phi) is 3.82. The zero-order valence-corrected chi connectivity index (χ0v) is 13.6. The Morgan fingerprint density at radius 2 is 1.52 bits per heavy atom. The highest BCUT2D eigenvalue weighted by atomic mass is 15.4. The summed E-state index contributed by atoms with van der Waals surface area (Å²) in [5.74, 6) is 0.0832. The van der Waals surface area contributed by atoms with Gasteiger partial charge in [0.1, 0.15) is 11.5 Å². The van der Waals surface area contributed by atoms with Crippen LogP contribution in [0.5, 0.6) is 0 Å². The van der Waals surface area contributed by atoms with Crippen molar-refractivity contribution in [2.24, 2.45) is 21.2 Å². The SMILES string of the molecule is N=C(N)C1=CC=C2N=NN=C2C1.c1ccc2c(c1)Cc1ccccc1-2. The third-order valence-electron chi connectivity index (χ3n) is 4.47. The van der Waals surface area contributed by atoms with Crippen LogP contribution in [0.4, 0.5) is 0 Å². The van der Waals surface area contributed by atoms with Crippen LogP contribution in [0.3, 0.4) is 0 Å². The first kappa shape index (κ1) is 15.2. The normalized spacial score (nSPS) is 15.8. The van der Waals surface area contributed by atoms with Gasteiger partial charge in [-0.05, 0) is 45.5 Å². The molecule has 1 aliphatic heterocycles. The average molecular weight is 327 g/mol. The lowest BCUT2D eigenvalue weighted by atomic mass is 10.0. The second kappa shape index (κ2) is 6.28. The fourth-order valence-electron chi connectivity index (χ4n) is 3.17. The second-order valence-electron chi connectivity index (χ2n) is 6.06. The minimum Gasteiger partial charge on any atom is -0.384 e. The van der Waals surface area contributed by atoms with Crippen LogP contribution in [-0.2, 0) is 6.42 Å². The lowest BCUT2D eigenvalue weighted by molar-refractivity contribution is 1.09. The van der Waals surface area contributed by atoms with Crippen molar-refractivity contribution in [1.82, 2.24) is 0 Å². The van der Waals surface area contributed by atoms with Gasteiger partial charge in [0, 0.05) is 6.42 Å². The van der Waals surface area contributed by atoms with E-state index in [1.807, 2.05) is 0 Å². The molecule has 2 aliphatic carbocycles. The summed E-state index contributed by atoms with van der Waals surface area (Å²) in [6.45, 7) is 0. The highest BCUT2D eigenvalue weighted by molar-refractivity contribution is 6.09. The number of nitrogens with two attached hydrogens (primary N) is 1. The van der Waals surface area contributed by atoms with E-state index in [1.165, 1.54) is 22.3 Å². The number of hydrogen-bond donors (Lipinski definition) is 2. The lowest BCUT2D eigenvalue weighted by Gasteiger charge is -2.08. The Morgan fingerprint density at radius 3 is 2.16 bits per heavy atom. The predicted octanol–water partition coefficient (Wildman–Crippen LogP) is 4.22. The van der Waals surface area contributed by atoms with Gasteiger partial charge >= 0.3 is 0 Å². The number of fused-ring (bicyclic) bond motifs is 4. The number of benzene rings is 2. The minimum atomic E-state index is 0.0832. The van der Waals surface area contributed by atoms with Gasteiger partial charge in [0.25, 0.3) is 0 Å². The zero-order valence-electron chi connectivity index (χ0n) is 13.6. The zero-order chi connectivity index (χ0) is 17.2. The molecular formula is C20H17N5. The van der Waals surface area contributed by atoms with Crippen molar-refractivity contribution in [1.29, 1.82) is 5.41 Å². The Labute approximate surface area is 145 Å². The van der Waals surface area contributed by atoms with Crippen LogP contribution in [0.25, 0.3) is 11.1 Å². The first-order valence-electron chi connectivity index (χ1n) is 8.12. The van der Waals surface area contributed by atoms with Gasteiger partial charge in [-0.1, -0.05) is 54.6 Å². The third kappa shape index (κ3) is 2.92. The summed E-state index contributed by atoms with van der Waals surface area (Å²) in [7, 11) is 0. The molecule has 0 radical (unpaired) electrons. The van der Waals surface area contributed by atoms with E-state index >= 15 is 0 Å². The quantitative estimate of drug-likeness (QED) is 0.509. The van der Waals surface area contributed by atoms with Gasteiger partial charge in [-0.3, -0.25) is 5.41 Å². The molecule has 122 valence electrons. The van der Waals surface area contributed by atoms with Gasteiger partial charge in [-0.15, -0.1) is 10.2 Å². The van der Waals surface area contributed by atoms with E-state index in [1.54, 1.807) is 12.2 Å². The number of allylic oxidation sites excluding steroid dienone is 3. The van der Waals surface area contributed by atoms with E-state index in [2.05, 4.69) is 64.0 Å². The molecule has 0 bridgehead atoms. The number of nitrogens with one attached hydrogen (secondary N) is 1. The van der Waals surface area contributed by atoms with E-state index in [4.69, 9.17) is 11.1 Å². The largest absolute Gasteiger partial charge is 0.384 e. The van der Waals surface area contributed by atoms with Crippen molar-refractivity contribution in [2.75, 3.05) is 0 Å². The van der Waals surface area contributed by atoms with E-state index in [9.17, 15) is 0 Å². The van der Waals surface area contributed by atoms with Crippen LogP contribution in [0.2, 0.25) is 0 Å². The van der Waals surface area contributed by atoms with Crippen molar-refractivity contribution in [3.8, 4) is 11.1 Å². The Bertz CT molecular complexity index is 936. The Morgan fingerprint density at radius 1 is 0.880 bits per heavy atom.